The first-order chi connectivity index (χ1) is 14.1. The fraction of sp³-hybridized carbons (Fsp3) is 0.895. The van der Waals surface area contributed by atoms with Crippen molar-refractivity contribution in [1.29, 1.82) is 0 Å². The molecule has 0 aromatic carbocycles. The molecule has 0 aliphatic carbocycles. The van der Waals surface area contributed by atoms with Crippen LogP contribution in [0.3, 0.4) is 0 Å². The van der Waals surface area contributed by atoms with E-state index in [0.29, 0.717) is 13.2 Å². The van der Waals surface area contributed by atoms with Crippen LogP contribution in [0.25, 0.3) is 0 Å². The fourth-order valence-electron chi connectivity index (χ4n) is 3.77. The predicted molar refractivity (Wildman–Crippen MR) is 100 cm³/mol. The van der Waals surface area contributed by atoms with Crippen LogP contribution in [0.15, 0.2) is 12.7 Å². The van der Waals surface area contributed by atoms with Crippen LogP contribution < -0.4 is 0 Å². The van der Waals surface area contributed by atoms with E-state index in [0.717, 1.165) is 0 Å². The molecular formula is C19H34O10. The molecule has 2 aliphatic heterocycles. The Balaban J connectivity index is 2.21. The molecule has 0 spiro atoms. The summed E-state index contributed by atoms with van der Waals surface area (Å²) < 4.78 is 50.8. The quantitative estimate of drug-likeness (QED) is 0.334. The minimum Gasteiger partial charge on any atom is -0.382 e. The van der Waals surface area contributed by atoms with E-state index in [2.05, 4.69) is 6.58 Å². The van der Waals surface area contributed by atoms with E-state index in [1.165, 1.54) is 14.2 Å². The second-order valence-corrected chi connectivity index (χ2v) is 6.79. The highest BCUT2D eigenvalue weighted by Crippen LogP contribution is 2.33. The van der Waals surface area contributed by atoms with Crippen molar-refractivity contribution in [1.82, 2.24) is 0 Å². The van der Waals surface area contributed by atoms with Crippen molar-refractivity contribution in [3.8, 4) is 0 Å². The van der Waals surface area contributed by atoms with Gasteiger partial charge in [0.25, 0.3) is 0 Å². The molecule has 10 nitrogen and oxygen atoms in total. The summed E-state index contributed by atoms with van der Waals surface area (Å²) in [4.78, 5) is 0. The zero-order valence-corrected chi connectivity index (χ0v) is 17.7. The normalized spacial score (nSPS) is 40.3. The Labute approximate surface area is 171 Å². The number of aliphatic hydroxyl groups is 1. The highest BCUT2D eigenvalue weighted by molar-refractivity contribution is 4.95. The second kappa shape index (κ2) is 12.3. The molecule has 2 rings (SSSR count). The monoisotopic (exact) mass is 422 g/mol. The first kappa shape index (κ1) is 24.6. The van der Waals surface area contributed by atoms with Crippen molar-refractivity contribution in [2.75, 3.05) is 55.4 Å². The van der Waals surface area contributed by atoms with E-state index in [9.17, 15) is 5.11 Å². The van der Waals surface area contributed by atoms with Gasteiger partial charge in [-0.3, -0.25) is 0 Å². The molecule has 170 valence electrons. The summed E-state index contributed by atoms with van der Waals surface area (Å²) in [5.41, 5.74) is 0. The summed E-state index contributed by atoms with van der Waals surface area (Å²) >= 11 is 0. The van der Waals surface area contributed by atoms with Gasteiger partial charge in [0, 0.05) is 35.5 Å². The molecule has 2 saturated heterocycles. The summed E-state index contributed by atoms with van der Waals surface area (Å²) in [5.74, 6) is 0. The summed E-state index contributed by atoms with van der Waals surface area (Å²) in [6.07, 6.45) is -4.28. The van der Waals surface area contributed by atoms with Crippen molar-refractivity contribution in [2.24, 2.45) is 0 Å². The molecule has 29 heavy (non-hydrogen) atoms. The lowest BCUT2D eigenvalue weighted by molar-refractivity contribution is -0.329. The number of ether oxygens (including phenoxy) is 9. The molecule has 0 aromatic rings. The van der Waals surface area contributed by atoms with E-state index in [-0.39, 0.29) is 18.8 Å². The highest BCUT2D eigenvalue weighted by Gasteiger charge is 2.52. The van der Waals surface area contributed by atoms with Crippen LogP contribution in [0.5, 0.6) is 0 Å². The summed E-state index contributed by atoms with van der Waals surface area (Å²) in [5, 5.41) is 10.3. The molecule has 0 aromatic heterocycles. The second-order valence-electron chi connectivity index (χ2n) is 6.79. The summed E-state index contributed by atoms with van der Waals surface area (Å²) in [6.45, 7) is 4.43. The first-order valence-electron chi connectivity index (χ1n) is 9.49. The van der Waals surface area contributed by atoms with E-state index in [1.807, 2.05) is 0 Å². The van der Waals surface area contributed by atoms with Crippen LogP contribution in [0.2, 0.25) is 0 Å². The average Bonchev–Trinajstić information content (AvgIpc) is 3.05. The Kier molecular flexibility index (Phi) is 10.4. The van der Waals surface area contributed by atoms with Gasteiger partial charge in [0.15, 0.2) is 12.6 Å². The molecule has 0 radical (unpaired) electrons. The standard InChI is InChI=1S/C19H34O10/c1-7-8-26-10-12-14(15(23-4)16(24-5)18(20)27-12)29-19-17(25-6)13(22-3)11(28-19)9-21-2/h7,11-20H,1,8-10H2,2-6H3/t11-,12-,13-,14-,15+,16-,17+,18+,19-/m1/s1. The van der Waals surface area contributed by atoms with Gasteiger partial charge in [-0.2, -0.15) is 0 Å². The zero-order valence-electron chi connectivity index (χ0n) is 17.7. The molecule has 0 saturated carbocycles. The van der Waals surface area contributed by atoms with Gasteiger partial charge >= 0.3 is 0 Å². The Morgan fingerprint density at radius 2 is 1.41 bits per heavy atom. The minimum absolute atomic E-state index is 0.156. The number of aliphatic hydroxyl groups excluding tert-OH is 1. The third kappa shape index (κ3) is 5.73. The maximum atomic E-state index is 10.3. The van der Waals surface area contributed by atoms with E-state index < -0.39 is 43.1 Å². The largest absolute Gasteiger partial charge is 0.382 e. The summed E-state index contributed by atoms with van der Waals surface area (Å²) in [6, 6.07) is 0. The van der Waals surface area contributed by atoms with E-state index in [1.54, 1.807) is 27.4 Å². The Hall–Kier alpha value is -0.660. The molecule has 1 N–H and O–H groups in total. The van der Waals surface area contributed by atoms with Gasteiger partial charge in [0.2, 0.25) is 0 Å². The van der Waals surface area contributed by atoms with Crippen LogP contribution in [0, 0.1) is 0 Å². The Morgan fingerprint density at radius 1 is 0.793 bits per heavy atom. The maximum Gasteiger partial charge on any atom is 0.187 e. The SMILES string of the molecule is C=CCOC[C@H]1O[C@H](O)[C@H](OC)[C@@H](OC)[C@@H]1O[C@H]1O[C@H](COC)[C@@H](OC)[C@@H]1OC. The number of methoxy groups -OCH3 is 5. The summed E-state index contributed by atoms with van der Waals surface area (Å²) in [7, 11) is 7.70. The number of hydrogen-bond acceptors (Lipinski definition) is 10. The van der Waals surface area contributed by atoms with E-state index >= 15 is 0 Å². The van der Waals surface area contributed by atoms with Crippen molar-refractivity contribution in [3.05, 3.63) is 12.7 Å². The lowest BCUT2D eigenvalue weighted by Crippen LogP contribution is -2.62. The van der Waals surface area contributed by atoms with Crippen LogP contribution in [0.4, 0.5) is 0 Å². The Bertz CT molecular complexity index is 478. The minimum atomic E-state index is -1.20. The first-order valence-corrected chi connectivity index (χ1v) is 9.49. The van der Waals surface area contributed by atoms with Gasteiger partial charge in [-0.1, -0.05) is 6.08 Å². The number of hydrogen-bond donors (Lipinski definition) is 1. The number of rotatable bonds is 12. The molecule has 9 atom stereocenters. The lowest BCUT2D eigenvalue weighted by Gasteiger charge is -2.44. The lowest BCUT2D eigenvalue weighted by atomic mass is 9.98. The van der Waals surface area contributed by atoms with Crippen LogP contribution >= 0.6 is 0 Å². The van der Waals surface area contributed by atoms with Crippen LogP contribution in [-0.2, 0) is 42.6 Å². The van der Waals surface area contributed by atoms with Gasteiger partial charge in [-0.25, -0.2) is 0 Å². The van der Waals surface area contributed by atoms with Crippen molar-refractivity contribution in [3.63, 3.8) is 0 Å². The smallest absolute Gasteiger partial charge is 0.187 e. The molecule has 2 fully saturated rings. The van der Waals surface area contributed by atoms with Gasteiger partial charge in [0.1, 0.15) is 42.7 Å². The van der Waals surface area contributed by atoms with Gasteiger partial charge in [0.05, 0.1) is 19.8 Å². The zero-order chi connectivity index (χ0) is 21.4. The third-order valence-electron chi connectivity index (χ3n) is 5.11. The van der Waals surface area contributed by atoms with Crippen LogP contribution in [0.1, 0.15) is 0 Å². The van der Waals surface area contributed by atoms with Crippen molar-refractivity contribution in [2.45, 2.75) is 55.3 Å². The van der Waals surface area contributed by atoms with Gasteiger partial charge < -0.3 is 47.7 Å². The van der Waals surface area contributed by atoms with Gasteiger partial charge in [-0.05, 0) is 0 Å². The molecular weight excluding hydrogens is 388 g/mol. The van der Waals surface area contributed by atoms with E-state index in [4.69, 9.17) is 42.6 Å². The van der Waals surface area contributed by atoms with Gasteiger partial charge in [-0.15, -0.1) is 6.58 Å². The van der Waals surface area contributed by atoms with Crippen molar-refractivity contribution >= 4 is 0 Å². The average molecular weight is 422 g/mol. The highest BCUT2D eigenvalue weighted by atomic mass is 16.8. The topological polar surface area (TPSA) is 103 Å². The Morgan fingerprint density at radius 3 is 1.97 bits per heavy atom. The third-order valence-corrected chi connectivity index (χ3v) is 5.11. The van der Waals surface area contributed by atoms with Crippen molar-refractivity contribution < 1.29 is 47.7 Å². The fourth-order valence-corrected chi connectivity index (χ4v) is 3.77. The predicted octanol–water partition coefficient (Wildman–Crippen LogP) is -0.277. The molecule has 0 amide bonds. The molecule has 0 unspecified atom stereocenters. The molecule has 0 bridgehead atoms. The molecule has 2 heterocycles. The maximum absolute atomic E-state index is 10.3. The molecule has 10 heteroatoms. The van der Waals surface area contributed by atoms with Crippen LogP contribution in [-0.4, -0.2) is 116 Å². The molecule has 2 aliphatic rings.